The fourth-order valence-electron chi connectivity index (χ4n) is 2.56. The number of nitrogens with one attached hydrogen (secondary N) is 1. The number of halogens is 1. The van der Waals surface area contributed by atoms with Gasteiger partial charge in [0, 0.05) is 30.4 Å². The maximum absolute atomic E-state index is 6.05. The summed E-state index contributed by atoms with van der Waals surface area (Å²) in [5.41, 5.74) is 3.02. The predicted octanol–water partition coefficient (Wildman–Crippen LogP) is 3.24. The molecular formula is C17H15ClN6. The molecular weight excluding hydrogens is 324 g/mol. The summed E-state index contributed by atoms with van der Waals surface area (Å²) in [6.07, 6.45) is 5.59. The van der Waals surface area contributed by atoms with Gasteiger partial charge in [0.05, 0.1) is 18.9 Å². The zero-order chi connectivity index (χ0) is 16.4. The Balaban J connectivity index is 1.47. The van der Waals surface area contributed by atoms with Crippen molar-refractivity contribution in [3.8, 4) is 0 Å². The average molecular weight is 339 g/mol. The fraction of sp³-hybridized carbons (Fsp3) is 0.118. The molecule has 0 unspecified atom stereocenters. The Labute approximate surface area is 143 Å². The third kappa shape index (κ3) is 3.09. The van der Waals surface area contributed by atoms with Gasteiger partial charge < -0.3 is 5.32 Å². The van der Waals surface area contributed by atoms with Crippen molar-refractivity contribution >= 4 is 23.1 Å². The summed E-state index contributed by atoms with van der Waals surface area (Å²) in [6.45, 7) is 1.38. The van der Waals surface area contributed by atoms with E-state index in [-0.39, 0.29) is 0 Å². The largest absolute Gasteiger partial charge is 0.366 e. The van der Waals surface area contributed by atoms with Gasteiger partial charge >= 0.3 is 0 Å². The van der Waals surface area contributed by atoms with Gasteiger partial charge in [0.1, 0.15) is 11.0 Å². The topological polar surface area (TPSA) is 60.0 Å². The first-order valence-electron chi connectivity index (χ1n) is 7.57. The highest BCUT2D eigenvalue weighted by atomic mass is 35.5. The molecule has 1 aromatic carbocycles. The normalized spacial score (nSPS) is 11.0. The molecule has 6 nitrogen and oxygen atoms in total. The van der Waals surface area contributed by atoms with Gasteiger partial charge in [-0.15, -0.1) is 0 Å². The minimum atomic E-state index is 0.435. The Hall–Kier alpha value is -2.86. The number of rotatable bonds is 5. The lowest BCUT2D eigenvalue weighted by molar-refractivity contribution is 0.686. The summed E-state index contributed by atoms with van der Waals surface area (Å²) in [4.78, 5) is 4.21. The van der Waals surface area contributed by atoms with E-state index in [1.807, 2.05) is 41.3 Å². The second kappa shape index (κ2) is 6.33. The lowest BCUT2D eigenvalue weighted by atomic mass is 10.2. The highest BCUT2D eigenvalue weighted by molar-refractivity contribution is 6.29. The standard InChI is InChI=1S/C17H15ClN6/c18-15-8-17(24-16(22-15)6-7-20-24)19-9-14-10-21-23(12-14)11-13-4-2-1-3-5-13/h1-8,10,12,19H,9,11H2. The van der Waals surface area contributed by atoms with Crippen molar-refractivity contribution in [1.29, 1.82) is 0 Å². The number of nitrogens with zero attached hydrogens (tertiary/aromatic N) is 5. The van der Waals surface area contributed by atoms with Crippen molar-refractivity contribution in [2.45, 2.75) is 13.1 Å². The molecule has 0 aliphatic heterocycles. The second-order valence-corrected chi connectivity index (χ2v) is 5.84. The highest BCUT2D eigenvalue weighted by Crippen LogP contribution is 2.16. The summed E-state index contributed by atoms with van der Waals surface area (Å²) in [5, 5.41) is 12.4. The molecule has 24 heavy (non-hydrogen) atoms. The van der Waals surface area contributed by atoms with Crippen molar-refractivity contribution in [3.05, 3.63) is 77.3 Å². The summed E-state index contributed by atoms with van der Waals surface area (Å²) >= 11 is 6.05. The van der Waals surface area contributed by atoms with Gasteiger partial charge in [0.25, 0.3) is 0 Å². The van der Waals surface area contributed by atoms with E-state index in [9.17, 15) is 0 Å². The molecule has 0 bridgehead atoms. The van der Waals surface area contributed by atoms with Crippen molar-refractivity contribution in [2.75, 3.05) is 5.32 Å². The minimum Gasteiger partial charge on any atom is -0.366 e. The van der Waals surface area contributed by atoms with E-state index in [0.29, 0.717) is 17.3 Å². The van der Waals surface area contributed by atoms with Crippen molar-refractivity contribution in [2.24, 2.45) is 0 Å². The molecule has 0 spiro atoms. The maximum Gasteiger partial charge on any atom is 0.159 e. The highest BCUT2D eigenvalue weighted by Gasteiger charge is 2.06. The van der Waals surface area contributed by atoms with Crippen LogP contribution in [0.4, 0.5) is 5.82 Å². The van der Waals surface area contributed by atoms with E-state index < -0.39 is 0 Å². The Morgan fingerprint density at radius 3 is 2.79 bits per heavy atom. The summed E-state index contributed by atoms with van der Waals surface area (Å²) < 4.78 is 3.65. The summed E-state index contributed by atoms with van der Waals surface area (Å²) in [5.74, 6) is 0.797. The first-order valence-corrected chi connectivity index (χ1v) is 7.95. The molecule has 0 saturated carbocycles. The minimum absolute atomic E-state index is 0.435. The number of anilines is 1. The summed E-state index contributed by atoms with van der Waals surface area (Å²) in [7, 11) is 0. The monoisotopic (exact) mass is 338 g/mol. The Bertz CT molecular complexity index is 960. The lowest BCUT2D eigenvalue weighted by Gasteiger charge is -2.07. The molecule has 7 heteroatoms. The number of hydrogen-bond donors (Lipinski definition) is 1. The van der Waals surface area contributed by atoms with Crippen LogP contribution in [0.15, 0.2) is 61.1 Å². The molecule has 0 aliphatic carbocycles. The lowest BCUT2D eigenvalue weighted by Crippen LogP contribution is -2.05. The maximum atomic E-state index is 6.05. The second-order valence-electron chi connectivity index (χ2n) is 5.45. The van der Waals surface area contributed by atoms with Gasteiger partial charge in [-0.25, -0.2) is 4.98 Å². The SMILES string of the molecule is Clc1cc(NCc2cnn(Cc3ccccc3)c2)n2nccc2n1. The van der Waals surface area contributed by atoms with Gasteiger partial charge in [0.2, 0.25) is 0 Å². The van der Waals surface area contributed by atoms with Crippen LogP contribution in [0.5, 0.6) is 0 Å². The number of aromatic nitrogens is 5. The average Bonchev–Trinajstić information content (AvgIpc) is 3.22. The molecule has 3 heterocycles. The fourth-order valence-corrected chi connectivity index (χ4v) is 2.75. The van der Waals surface area contributed by atoms with E-state index in [1.54, 1.807) is 16.8 Å². The number of benzene rings is 1. The zero-order valence-electron chi connectivity index (χ0n) is 12.8. The molecule has 1 N–H and O–H groups in total. The molecule has 0 amide bonds. The number of fused-ring (bicyclic) bond motifs is 1. The van der Waals surface area contributed by atoms with Gasteiger partial charge in [0.15, 0.2) is 5.65 Å². The van der Waals surface area contributed by atoms with Crippen LogP contribution in [0.2, 0.25) is 5.15 Å². The molecule has 4 rings (SSSR count). The van der Waals surface area contributed by atoms with Crippen molar-refractivity contribution in [1.82, 2.24) is 24.4 Å². The van der Waals surface area contributed by atoms with Gasteiger partial charge in [-0.3, -0.25) is 4.68 Å². The Morgan fingerprint density at radius 1 is 1.04 bits per heavy atom. The molecule has 0 aliphatic rings. The van der Waals surface area contributed by atoms with E-state index in [4.69, 9.17) is 11.6 Å². The van der Waals surface area contributed by atoms with Crippen LogP contribution >= 0.6 is 11.6 Å². The van der Waals surface area contributed by atoms with E-state index in [2.05, 4.69) is 32.6 Å². The smallest absolute Gasteiger partial charge is 0.159 e. The van der Waals surface area contributed by atoms with Crippen LogP contribution in [0, 0.1) is 0 Å². The van der Waals surface area contributed by atoms with Crippen molar-refractivity contribution < 1.29 is 0 Å². The Kier molecular flexibility index (Phi) is 3.88. The third-order valence-electron chi connectivity index (χ3n) is 3.68. The molecule has 0 radical (unpaired) electrons. The van der Waals surface area contributed by atoms with Crippen LogP contribution in [0.25, 0.3) is 5.65 Å². The quantitative estimate of drug-likeness (QED) is 0.567. The molecule has 120 valence electrons. The molecule has 0 atom stereocenters. The molecule has 4 aromatic rings. The number of hydrogen-bond acceptors (Lipinski definition) is 4. The van der Waals surface area contributed by atoms with Crippen LogP contribution in [-0.2, 0) is 13.1 Å². The van der Waals surface area contributed by atoms with Gasteiger partial charge in [-0.2, -0.15) is 14.7 Å². The molecule has 3 aromatic heterocycles. The van der Waals surface area contributed by atoms with Crippen LogP contribution in [0.1, 0.15) is 11.1 Å². The van der Waals surface area contributed by atoms with Crippen LogP contribution in [-0.4, -0.2) is 24.4 Å². The van der Waals surface area contributed by atoms with E-state index in [1.165, 1.54) is 5.56 Å². The first kappa shape index (κ1) is 14.7. The summed E-state index contributed by atoms with van der Waals surface area (Å²) in [6, 6.07) is 13.8. The van der Waals surface area contributed by atoms with Gasteiger partial charge in [-0.05, 0) is 5.56 Å². The zero-order valence-corrected chi connectivity index (χ0v) is 13.6. The van der Waals surface area contributed by atoms with Crippen LogP contribution in [0.3, 0.4) is 0 Å². The van der Waals surface area contributed by atoms with Gasteiger partial charge in [-0.1, -0.05) is 41.9 Å². The molecule has 0 saturated heterocycles. The van der Waals surface area contributed by atoms with E-state index in [0.717, 1.165) is 17.9 Å². The predicted molar refractivity (Wildman–Crippen MR) is 93.1 cm³/mol. The Morgan fingerprint density at radius 2 is 1.92 bits per heavy atom. The van der Waals surface area contributed by atoms with Crippen LogP contribution < -0.4 is 5.32 Å². The van der Waals surface area contributed by atoms with E-state index >= 15 is 0 Å². The molecule has 0 fully saturated rings. The van der Waals surface area contributed by atoms with Crippen molar-refractivity contribution in [3.63, 3.8) is 0 Å². The third-order valence-corrected chi connectivity index (χ3v) is 3.87. The first-order chi connectivity index (χ1) is 11.8.